The quantitative estimate of drug-likeness (QED) is 0.914. The Labute approximate surface area is 111 Å². The third-order valence-corrected chi connectivity index (χ3v) is 2.70. The molecule has 0 spiro atoms. The van der Waals surface area contributed by atoms with Crippen molar-refractivity contribution in [2.24, 2.45) is 0 Å². The highest BCUT2D eigenvalue weighted by molar-refractivity contribution is 5.34. The van der Waals surface area contributed by atoms with E-state index in [0.29, 0.717) is 17.6 Å². The summed E-state index contributed by atoms with van der Waals surface area (Å²) in [5.74, 6) is 0.628. The van der Waals surface area contributed by atoms with Crippen molar-refractivity contribution < 1.29 is 9.13 Å². The van der Waals surface area contributed by atoms with E-state index in [2.05, 4.69) is 29.1 Å². The molecule has 19 heavy (non-hydrogen) atoms. The summed E-state index contributed by atoms with van der Waals surface area (Å²) >= 11 is 0. The minimum absolute atomic E-state index is 0.0864. The zero-order valence-electron chi connectivity index (χ0n) is 11.1. The minimum Gasteiger partial charge on any atom is -0.436 e. The maximum absolute atomic E-state index is 13.5. The zero-order chi connectivity index (χ0) is 13.8. The monoisotopic (exact) mass is 261 g/mol. The summed E-state index contributed by atoms with van der Waals surface area (Å²) in [5, 5.41) is 2.74. The molecule has 0 aliphatic heterocycles. The highest BCUT2D eigenvalue weighted by Gasteiger charge is 2.09. The SMILES string of the molecule is CNc1ncc(F)c(Oc2ccc(C(C)C)cc2)n1. The molecule has 0 aliphatic rings. The first kappa shape index (κ1) is 13.3. The molecular formula is C14H16FN3O. The van der Waals surface area contributed by atoms with Crippen LogP contribution in [0.1, 0.15) is 25.3 Å². The molecular weight excluding hydrogens is 245 g/mol. The number of nitrogens with one attached hydrogen (secondary N) is 1. The number of benzene rings is 1. The van der Waals surface area contributed by atoms with Gasteiger partial charge >= 0.3 is 0 Å². The van der Waals surface area contributed by atoms with E-state index in [4.69, 9.17) is 4.74 Å². The van der Waals surface area contributed by atoms with Crippen LogP contribution in [0.3, 0.4) is 0 Å². The fraction of sp³-hybridized carbons (Fsp3) is 0.286. The third-order valence-electron chi connectivity index (χ3n) is 2.70. The van der Waals surface area contributed by atoms with Gasteiger partial charge in [0.1, 0.15) is 5.75 Å². The first-order chi connectivity index (χ1) is 9.10. The van der Waals surface area contributed by atoms with Gasteiger partial charge < -0.3 is 10.1 Å². The second kappa shape index (κ2) is 5.65. The van der Waals surface area contributed by atoms with E-state index in [1.54, 1.807) is 19.2 Å². The molecule has 100 valence electrons. The van der Waals surface area contributed by atoms with Gasteiger partial charge in [-0.2, -0.15) is 9.37 Å². The fourth-order valence-electron chi connectivity index (χ4n) is 1.58. The van der Waals surface area contributed by atoms with E-state index >= 15 is 0 Å². The minimum atomic E-state index is -0.591. The van der Waals surface area contributed by atoms with Crippen LogP contribution in [-0.4, -0.2) is 17.0 Å². The number of nitrogens with zero attached hydrogens (tertiary/aromatic N) is 2. The lowest BCUT2D eigenvalue weighted by Crippen LogP contribution is -2.00. The van der Waals surface area contributed by atoms with Gasteiger partial charge in [0, 0.05) is 7.05 Å². The van der Waals surface area contributed by atoms with E-state index in [1.807, 2.05) is 12.1 Å². The van der Waals surface area contributed by atoms with Gasteiger partial charge in [-0.3, -0.25) is 0 Å². The van der Waals surface area contributed by atoms with Crippen molar-refractivity contribution >= 4 is 5.95 Å². The predicted molar refractivity (Wildman–Crippen MR) is 72.1 cm³/mol. The Morgan fingerprint density at radius 2 is 1.89 bits per heavy atom. The van der Waals surface area contributed by atoms with Gasteiger partial charge in [-0.15, -0.1) is 0 Å². The summed E-state index contributed by atoms with van der Waals surface area (Å²) < 4.78 is 18.9. The van der Waals surface area contributed by atoms with Gasteiger partial charge in [0.05, 0.1) is 6.20 Å². The van der Waals surface area contributed by atoms with E-state index < -0.39 is 5.82 Å². The first-order valence-corrected chi connectivity index (χ1v) is 6.08. The molecule has 0 amide bonds. The molecule has 0 radical (unpaired) electrons. The van der Waals surface area contributed by atoms with Crippen molar-refractivity contribution in [3.05, 3.63) is 41.8 Å². The number of rotatable bonds is 4. The van der Waals surface area contributed by atoms with Gasteiger partial charge in [-0.25, -0.2) is 4.98 Å². The second-order valence-corrected chi connectivity index (χ2v) is 4.42. The van der Waals surface area contributed by atoms with Gasteiger partial charge in [0.15, 0.2) is 0 Å². The van der Waals surface area contributed by atoms with Gasteiger partial charge in [0.2, 0.25) is 11.8 Å². The number of anilines is 1. The van der Waals surface area contributed by atoms with Crippen LogP contribution in [0.4, 0.5) is 10.3 Å². The van der Waals surface area contributed by atoms with Gasteiger partial charge in [0.25, 0.3) is 5.88 Å². The normalized spacial score (nSPS) is 10.6. The molecule has 0 unspecified atom stereocenters. The topological polar surface area (TPSA) is 47.0 Å². The lowest BCUT2D eigenvalue weighted by molar-refractivity contribution is 0.420. The Morgan fingerprint density at radius 3 is 2.47 bits per heavy atom. The van der Waals surface area contributed by atoms with Gasteiger partial charge in [-0.1, -0.05) is 26.0 Å². The Hall–Kier alpha value is -2.17. The summed E-state index contributed by atoms with van der Waals surface area (Å²) in [4.78, 5) is 7.68. The van der Waals surface area contributed by atoms with Crippen molar-refractivity contribution in [2.45, 2.75) is 19.8 Å². The van der Waals surface area contributed by atoms with E-state index in [-0.39, 0.29) is 5.88 Å². The molecule has 1 heterocycles. The number of aromatic nitrogens is 2. The maximum Gasteiger partial charge on any atom is 0.260 e. The van der Waals surface area contributed by atoms with Crippen molar-refractivity contribution in [2.75, 3.05) is 12.4 Å². The number of ether oxygens (including phenoxy) is 1. The Bertz CT molecular complexity index is 555. The summed E-state index contributed by atoms with van der Waals surface area (Å²) in [6, 6.07) is 7.52. The van der Waals surface area contributed by atoms with Crippen LogP contribution >= 0.6 is 0 Å². The van der Waals surface area contributed by atoms with Crippen LogP contribution in [0, 0.1) is 5.82 Å². The molecule has 1 aromatic carbocycles. The molecule has 0 atom stereocenters. The summed E-state index contributed by atoms with van der Waals surface area (Å²) in [6.45, 7) is 4.22. The Balaban J connectivity index is 2.20. The molecule has 1 aromatic heterocycles. The van der Waals surface area contributed by atoms with E-state index in [9.17, 15) is 4.39 Å². The van der Waals surface area contributed by atoms with Crippen LogP contribution in [0.5, 0.6) is 11.6 Å². The molecule has 4 nitrogen and oxygen atoms in total. The Morgan fingerprint density at radius 1 is 1.21 bits per heavy atom. The molecule has 1 N–H and O–H groups in total. The largest absolute Gasteiger partial charge is 0.436 e. The molecule has 2 rings (SSSR count). The van der Waals surface area contributed by atoms with Crippen molar-refractivity contribution in [1.82, 2.24) is 9.97 Å². The lowest BCUT2D eigenvalue weighted by atomic mass is 10.0. The number of hydrogen-bond acceptors (Lipinski definition) is 4. The third kappa shape index (κ3) is 3.19. The smallest absolute Gasteiger partial charge is 0.260 e. The maximum atomic E-state index is 13.5. The Kier molecular flexibility index (Phi) is 3.94. The second-order valence-electron chi connectivity index (χ2n) is 4.42. The average Bonchev–Trinajstić information content (AvgIpc) is 2.42. The standard InChI is InChI=1S/C14H16FN3O/c1-9(2)10-4-6-11(7-5-10)19-13-12(15)8-17-14(16-3)18-13/h4-9H,1-3H3,(H,16,17,18). The van der Waals surface area contributed by atoms with Crippen LogP contribution in [0.15, 0.2) is 30.5 Å². The van der Waals surface area contributed by atoms with Gasteiger partial charge in [-0.05, 0) is 23.6 Å². The summed E-state index contributed by atoms with van der Waals surface area (Å²) in [5.41, 5.74) is 1.20. The summed E-state index contributed by atoms with van der Waals surface area (Å²) in [6.07, 6.45) is 1.08. The van der Waals surface area contributed by atoms with E-state index in [1.165, 1.54) is 5.56 Å². The highest BCUT2D eigenvalue weighted by atomic mass is 19.1. The molecule has 2 aromatic rings. The van der Waals surface area contributed by atoms with E-state index in [0.717, 1.165) is 6.20 Å². The zero-order valence-corrected chi connectivity index (χ0v) is 11.1. The predicted octanol–water partition coefficient (Wildman–Crippen LogP) is 3.57. The van der Waals surface area contributed by atoms with Crippen molar-refractivity contribution in [3.8, 4) is 11.6 Å². The highest BCUT2D eigenvalue weighted by Crippen LogP contribution is 2.24. The molecule has 0 saturated carbocycles. The van der Waals surface area contributed by atoms with Crippen molar-refractivity contribution in [1.29, 1.82) is 0 Å². The lowest BCUT2D eigenvalue weighted by Gasteiger charge is -2.09. The molecule has 0 fully saturated rings. The molecule has 0 bridgehead atoms. The first-order valence-electron chi connectivity index (χ1n) is 6.08. The molecule has 0 saturated heterocycles. The number of hydrogen-bond donors (Lipinski definition) is 1. The number of halogens is 1. The van der Waals surface area contributed by atoms with Crippen LogP contribution < -0.4 is 10.1 Å². The van der Waals surface area contributed by atoms with Crippen molar-refractivity contribution in [3.63, 3.8) is 0 Å². The molecule has 0 aliphatic carbocycles. The van der Waals surface area contributed by atoms with Crippen LogP contribution in [0.25, 0.3) is 0 Å². The average molecular weight is 261 g/mol. The van der Waals surface area contributed by atoms with Crippen LogP contribution in [0.2, 0.25) is 0 Å². The summed E-state index contributed by atoms with van der Waals surface area (Å²) in [7, 11) is 1.66. The fourth-order valence-corrected chi connectivity index (χ4v) is 1.58. The molecule has 5 heteroatoms. The van der Waals surface area contributed by atoms with Crippen LogP contribution in [-0.2, 0) is 0 Å².